The summed E-state index contributed by atoms with van der Waals surface area (Å²) in [4.78, 5) is 11.2. The number of amides is 1. The van der Waals surface area contributed by atoms with E-state index in [4.69, 9.17) is 9.47 Å². The Morgan fingerprint density at radius 2 is 1.85 bits per heavy atom. The van der Waals surface area contributed by atoms with E-state index in [2.05, 4.69) is 10.1 Å². The smallest absolute Gasteiger partial charge is 0.408 e. The van der Waals surface area contributed by atoms with Gasteiger partial charge in [0.25, 0.3) is 0 Å². The number of methoxy groups -OCH3 is 2. The van der Waals surface area contributed by atoms with Crippen molar-refractivity contribution in [2.45, 2.75) is 12.0 Å². The van der Waals surface area contributed by atoms with Gasteiger partial charge in [0.2, 0.25) is 0 Å². The number of hydrogen-bond donors (Lipinski definition) is 1. The van der Waals surface area contributed by atoms with E-state index in [0.717, 1.165) is 0 Å². The summed E-state index contributed by atoms with van der Waals surface area (Å²) in [6, 6.07) is 3.10. The van der Waals surface area contributed by atoms with Crippen LogP contribution in [0.1, 0.15) is 11.6 Å². The molecule has 1 N–H and O–H groups in total. The van der Waals surface area contributed by atoms with Crippen LogP contribution < -0.4 is 14.8 Å². The van der Waals surface area contributed by atoms with E-state index in [0.29, 0.717) is 0 Å². The van der Waals surface area contributed by atoms with Crippen molar-refractivity contribution < 1.29 is 27.8 Å². The first-order valence-corrected chi connectivity index (χ1v) is 5.51. The van der Waals surface area contributed by atoms with Crippen LogP contribution >= 0.6 is 12.4 Å². The average Bonchev–Trinajstić information content (AvgIpc) is 2.40. The number of hydrogen-bond acceptors (Lipinski definition) is 4. The molecule has 1 heterocycles. The SMILES string of the molecule is COc1cccc(OC)c1[C@@H]1NC(=O)OCC1(F)F.Cl. The first-order chi connectivity index (χ1) is 8.99. The molecule has 0 unspecified atom stereocenters. The molecule has 0 aromatic heterocycles. The molecule has 0 spiro atoms. The van der Waals surface area contributed by atoms with Crippen molar-refractivity contribution in [1.82, 2.24) is 5.32 Å². The Balaban J connectivity index is 0.00000200. The fourth-order valence-electron chi connectivity index (χ4n) is 1.96. The van der Waals surface area contributed by atoms with E-state index in [1.165, 1.54) is 26.4 Å². The minimum atomic E-state index is -3.25. The summed E-state index contributed by atoms with van der Waals surface area (Å²) in [7, 11) is 2.72. The highest BCUT2D eigenvalue weighted by Crippen LogP contribution is 2.43. The minimum absolute atomic E-state index is 0. The van der Waals surface area contributed by atoms with Gasteiger partial charge in [-0.25, -0.2) is 13.6 Å². The second-order valence-corrected chi connectivity index (χ2v) is 3.99. The summed E-state index contributed by atoms with van der Waals surface area (Å²) in [5.41, 5.74) is 0.0918. The molecule has 1 saturated heterocycles. The van der Waals surface area contributed by atoms with Crippen LogP contribution in [0.3, 0.4) is 0 Å². The lowest BCUT2D eigenvalue weighted by Crippen LogP contribution is -2.49. The molecule has 2 rings (SSSR count). The van der Waals surface area contributed by atoms with Gasteiger partial charge < -0.3 is 19.5 Å². The lowest BCUT2D eigenvalue weighted by Gasteiger charge is -2.33. The maximum absolute atomic E-state index is 13.9. The van der Waals surface area contributed by atoms with Gasteiger partial charge in [-0.1, -0.05) is 6.07 Å². The predicted octanol–water partition coefficient (Wildman–Crippen LogP) is 2.54. The van der Waals surface area contributed by atoms with Gasteiger partial charge in [-0.2, -0.15) is 0 Å². The molecule has 0 aliphatic carbocycles. The zero-order valence-electron chi connectivity index (χ0n) is 10.8. The van der Waals surface area contributed by atoms with E-state index in [1.54, 1.807) is 6.07 Å². The Bertz CT molecular complexity index is 476. The lowest BCUT2D eigenvalue weighted by molar-refractivity contribution is -0.105. The quantitative estimate of drug-likeness (QED) is 0.932. The van der Waals surface area contributed by atoms with Crippen molar-refractivity contribution in [3.8, 4) is 11.5 Å². The predicted molar refractivity (Wildman–Crippen MR) is 69.0 cm³/mol. The molecular formula is C12H14ClF2NO4. The highest BCUT2D eigenvalue weighted by Gasteiger charge is 2.49. The Labute approximate surface area is 120 Å². The van der Waals surface area contributed by atoms with Gasteiger partial charge in [-0.05, 0) is 12.1 Å². The monoisotopic (exact) mass is 309 g/mol. The molecule has 1 amide bonds. The number of alkyl halides is 2. The number of rotatable bonds is 3. The largest absolute Gasteiger partial charge is 0.496 e. The van der Waals surface area contributed by atoms with Crippen LogP contribution in [0.4, 0.5) is 13.6 Å². The zero-order valence-corrected chi connectivity index (χ0v) is 11.6. The van der Waals surface area contributed by atoms with Crippen molar-refractivity contribution in [3.05, 3.63) is 23.8 Å². The standard InChI is InChI=1S/C12H13F2NO4.ClH/c1-17-7-4-3-5-8(18-2)9(7)10-12(13,14)6-19-11(16)15-10;/h3-5,10H,6H2,1-2H3,(H,15,16);1H/t10-;/m0./s1. The number of ether oxygens (including phenoxy) is 3. The molecule has 1 aromatic carbocycles. The Morgan fingerprint density at radius 1 is 1.30 bits per heavy atom. The summed E-state index contributed by atoms with van der Waals surface area (Å²) in [5.74, 6) is -2.83. The summed E-state index contributed by atoms with van der Waals surface area (Å²) < 4.78 is 42.3. The van der Waals surface area contributed by atoms with Gasteiger partial charge in [0, 0.05) is 0 Å². The van der Waals surface area contributed by atoms with Crippen LogP contribution in [0.15, 0.2) is 18.2 Å². The van der Waals surface area contributed by atoms with E-state index in [-0.39, 0.29) is 29.5 Å². The van der Waals surface area contributed by atoms with Crippen molar-refractivity contribution in [1.29, 1.82) is 0 Å². The first-order valence-electron chi connectivity index (χ1n) is 5.51. The summed E-state index contributed by atoms with van der Waals surface area (Å²) in [6.45, 7) is -0.981. The van der Waals surface area contributed by atoms with E-state index in [1.807, 2.05) is 0 Å². The molecule has 1 aliphatic rings. The molecule has 1 aromatic rings. The average molecular weight is 310 g/mol. The van der Waals surface area contributed by atoms with Crippen molar-refractivity contribution >= 4 is 18.5 Å². The van der Waals surface area contributed by atoms with Crippen molar-refractivity contribution in [3.63, 3.8) is 0 Å². The molecule has 1 atom stereocenters. The summed E-state index contributed by atoms with van der Waals surface area (Å²) in [5, 5.41) is 2.10. The second-order valence-electron chi connectivity index (χ2n) is 3.99. The van der Waals surface area contributed by atoms with Crippen LogP contribution in [0.5, 0.6) is 11.5 Å². The zero-order chi connectivity index (χ0) is 14.0. The normalized spacial score (nSPS) is 20.2. The van der Waals surface area contributed by atoms with E-state index < -0.39 is 24.7 Å². The Kier molecular flexibility index (Phi) is 4.99. The highest BCUT2D eigenvalue weighted by atomic mass is 35.5. The summed E-state index contributed by atoms with van der Waals surface area (Å²) in [6.07, 6.45) is -0.899. The molecule has 0 radical (unpaired) electrons. The van der Waals surface area contributed by atoms with Gasteiger partial charge in [0.05, 0.1) is 19.8 Å². The summed E-state index contributed by atoms with van der Waals surface area (Å²) >= 11 is 0. The molecule has 8 heteroatoms. The van der Waals surface area contributed by atoms with E-state index >= 15 is 0 Å². The Morgan fingerprint density at radius 3 is 2.35 bits per heavy atom. The molecule has 20 heavy (non-hydrogen) atoms. The first kappa shape index (κ1) is 16.3. The third kappa shape index (κ3) is 2.87. The minimum Gasteiger partial charge on any atom is -0.496 e. The number of carbonyl (C=O) groups excluding carboxylic acids is 1. The molecule has 0 saturated carbocycles. The number of cyclic esters (lactones) is 1. The molecular weight excluding hydrogens is 296 g/mol. The number of halogens is 3. The lowest BCUT2D eigenvalue weighted by atomic mass is 9.98. The molecule has 1 fully saturated rings. The van der Waals surface area contributed by atoms with Gasteiger partial charge in [-0.15, -0.1) is 12.4 Å². The molecule has 1 aliphatic heterocycles. The molecule has 112 valence electrons. The van der Waals surface area contributed by atoms with Gasteiger partial charge in [0.1, 0.15) is 17.5 Å². The topological polar surface area (TPSA) is 56.8 Å². The van der Waals surface area contributed by atoms with Crippen LogP contribution in [0.25, 0.3) is 0 Å². The van der Waals surface area contributed by atoms with Crippen molar-refractivity contribution in [2.75, 3.05) is 20.8 Å². The van der Waals surface area contributed by atoms with Crippen LogP contribution in [0.2, 0.25) is 0 Å². The highest BCUT2D eigenvalue weighted by molar-refractivity contribution is 5.85. The number of carbonyl (C=O) groups is 1. The van der Waals surface area contributed by atoms with Gasteiger partial charge in [-0.3, -0.25) is 0 Å². The second kappa shape index (κ2) is 6.13. The van der Waals surface area contributed by atoms with Crippen LogP contribution in [-0.4, -0.2) is 32.8 Å². The maximum atomic E-state index is 13.9. The van der Waals surface area contributed by atoms with Crippen LogP contribution in [0, 0.1) is 0 Å². The number of benzene rings is 1. The van der Waals surface area contributed by atoms with Gasteiger partial charge in [0.15, 0.2) is 6.61 Å². The molecule has 0 bridgehead atoms. The van der Waals surface area contributed by atoms with Crippen molar-refractivity contribution in [2.24, 2.45) is 0 Å². The number of nitrogens with one attached hydrogen (secondary N) is 1. The fraction of sp³-hybridized carbons (Fsp3) is 0.417. The maximum Gasteiger partial charge on any atom is 0.408 e. The third-order valence-corrected chi connectivity index (χ3v) is 2.83. The Hall–Kier alpha value is -1.76. The molecule has 5 nitrogen and oxygen atoms in total. The van der Waals surface area contributed by atoms with Crippen LogP contribution in [-0.2, 0) is 4.74 Å². The third-order valence-electron chi connectivity index (χ3n) is 2.83. The van der Waals surface area contributed by atoms with E-state index in [9.17, 15) is 13.6 Å². The van der Waals surface area contributed by atoms with Gasteiger partial charge >= 0.3 is 12.0 Å². The fourth-order valence-corrected chi connectivity index (χ4v) is 1.96. The number of alkyl carbamates (subject to hydrolysis) is 1.